The lowest BCUT2D eigenvalue weighted by molar-refractivity contribution is 1.11. The van der Waals surface area contributed by atoms with Crippen LogP contribution in [0.3, 0.4) is 0 Å². The molecule has 0 saturated heterocycles. The van der Waals surface area contributed by atoms with Crippen LogP contribution in [0.4, 0.5) is 0 Å². The molecule has 0 spiro atoms. The minimum Gasteiger partial charge on any atom is -0.276 e. The van der Waals surface area contributed by atoms with Crippen molar-refractivity contribution in [1.29, 1.82) is 0 Å². The van der Waals surface area contributed by atoms with Crippen molar-refractivity contribution in [3.05, 3.63) is 22.2 Å². The average molecular weight is 245 g/mol. The van der Waals surface area contributed by atoms with Crippen molar-refractivity contribution in [2.45, 2.75) is 0 Å². The summed E-state index contributed by atoms with van der Waals surface area (Å²) in [5.74, 6) is 0. The monoisotopic (exact) mass is 245 g/mol. The van der Waals surface area contributed by atoms with Crippen molar-refractivity contribution >= 4 is 33.5 Å². The second-order valence-electron chi connectivity index (χ2n) is 1.96. The van der Waals surface area contributed by atoms with Gasteiger partial charge in [-0.05, 0) is 28.7 Å². The standard InChI is InChI=1S/C6H4IN3/c7-6-1-4-2-9-10-5(4)3-8-6/h1-3H,(H,9,10). The Bertz CT molecular complexity index is 355. The fraction of sp³-hybridized carbons (Fsp3) is 0. The summed E-state index contributed by atoms with van der Waals surface area (Å²) in [6.07, 6.45) is 3.57. The number of hydrogen-bond donors (Lipinski definition) is 1. The Morgan fingerprint density at radius 2 is 2.30 bits per heavy atom. The van der Waals surface area contributed by atoms with Gasteiger partial charge in [0.1, 0.15) is 3.70 Å². The van der Waals surface area contributed by atoms with Crippen molar-refractivity contribution in [2.75, 3.05) is 0 Å². The van der Waals surface area contributed by atoms with Crippen LogP contribution in [0.25, 0.3) is 10.9 Å². The highest BCUT2D eigenvalue weighted by molar-refractivity contribution is 14.1. The van der Waals surface area contributed by atoms with E-state index >= 15 is 0 Å². The van der Waals surface area contributed by atoms with E-state index in [2.05, 4.69) is 37.8 Å². The van der Waals surface area contributed by atoms with Crippen molar-refractivity contribution in [2.24, 2.45) is 0 Å². The molecule has 50 valence electrons. The first-order valence-electron chi connectivity index (χ1n) is 2.81. The molecule has 2 aromatic heterocycles. The van der Waals surface area contributed by atoms with Crippen LogP contribution in [0, 0.1) is 3.70 Å². The maximum atomic E-state index is 4.09. The summed E-state index contributed by atoms with van der Waals surface area (Å²) < 4.78 is 0.992. The van der Waals surface area contributed by atoms with Crippen LogP contribution < -0.4 is 0 Å². The number of hydrogen-bond acceptors (Lipinski definition) is 2. The third-order valence-electron chi connectivity index (χ3n) is 1.29. The topological polar surface area (TPSA) is 41.6 Å². The number of nitrogens with zero attached hydrogens (tertiary/aromatic N) is 2. The van der Waals surface area contributed by atoms with Gasteiger partial charge < -0.3 is 0 Å². The molecule has 0 saturated carbocycles. The zero-order valence-electron chi connectivity index (χ0n) is 5.00. The van der Waals surface area contributed by atoms with Gasteiger partial charge >= 0.3 is 0 Å². The zero-order valence-corrected chi connectivity index (χ0v) is 7.16. The van der Waals surface area contributed by atoms with Gasteiger partial charge in [0.05, 0.1) is 17.9 Å². The first-order chi connectivity index (χ1) is 4.86. The molecule has 0 bridgehead atoms. The molecular formula is C6H4IN3. The van der Waals surface area contributed by atoms with E-state index in [1.807, 2.05) is 6.07 Å². The predicted molar refractivity (Wildman–Crippen MR) is 46.6 cm³/mol. The van der Waals surface area contributed by atoms with Crippen LogP contribution in [-0.2, 0) is 0 Å². The minimum atomic E-state index is 0.986. The Labute approximate surface area is 71.0 Å². The van der Waals surface area contributed by atoms with Crippen molar-refractivity contribution < 1.29 is 0 Å². The van der Waals surface area contributed by atoms with E-state index in [1.54, 1.807) is 12.4 Å². The van der Waals surface area contributed by atoms with Gasteiger partial charge in [0.2, 0.25) is 0 Å². The third-order valence-corrected chi connectivity index (χ3v) is 1.88. The van der Waals surface area contributed by atoms with E-state index in [0.717, 1.165) is 14.6 Å². The molecule has 0 aromatic carbocycles. The molecule has 2 heterocycles. The quantitative estimate of drug-likeness (QED) is 0.565. The summed E-state index contributed by atoms with van der Waals surface area (Å²) in [4.78, 5) is 4.09. The number of rotatable bonds is 0. The third kappa shape index (κ3) is 0.880. The highest BCUT2D eigenvalue weighted by atomic mass is 127. The van der Waals surface area contributed by atoms with Crippen LogP contribution in [0.5, 0.6) is 0 Å². The van der Waals surface area contributed by atoms with E-state index in [0.29, 0.717) is 0 Å². The van der Waals surface area contributed by atoms with Crippen molar-refractivity contribution in [3.63, 3.8) is 0 Å². The fourth-order valence-corrected chi connectivity index (χ4v) is 1.29. The first-order valence-corrected chi connectivity index (χ1v) is 3.89. The molecule has 3 nitrogen and oxygen atoms in total. The highest BCUT2D eigenvalue weighted by Gasteiger charge is 1.94. The van der Waals surface area contributed by atoms with Crippen LogP contribution in [-0.4, -0.2) is 15.2 Å². The average Bonchev–Trinajstić information content (AvgIpc) is 2.33. The lowest BCUT2D eigenvalue weighted by Gasteiger charge is -1.86. The van der Waals surface area contributed by atoms with Crippen molar-refractivity contribution in [3.8, 4) is 0 Å². The largest absolute Gasteiger partial charge is 0.276 e. The van der Waals surface area contributed by atoms with Gasteiger partial charge in [-0.2, -0.15) is 5.10 Å². The zero-order chi connectivity index (χ0) is 6.97. The number of H-pyrrole nitrogens is 1. The first kappa shape index (κ1) is 6.09. The Hall–Kier alpha value is -0.650. The molecule has 0 aliphatic carbocycles. The number of aromatic nitrogens is 3. The van der Waals surface area contributed by atoms with E-state index in [4.69, 9.17) is 0 Å². The van der Waals surface area contributed by atoms with Gasteiger partial charge in [0.15, 0.2) is 0 Å². The second kappa shape index (κ2) is 2.19. The van der Waals surface area contributed by atoms with Gasteiger partial charge in [-0.15, -0.1) is 0 Å². The maximum Gasteiger partial charge on any atom is 0.102 e. The molecule has 1 N–H and O–H groups in total. The molecular weight excluding hydrogens is 241 g/mol. The molecule has 4 heteroatoms. The molecule has 0 radical (unpaired) electrons. The molecule has 0 aliphatic heterocycles. The molecule has 2 rings (SSSR count). The van der Waals surface area contributed by atoms with Gasteiger partial charge in [-0.3, -0.25) is 5.10 Å². The summed E-state index contributed by atoms with van der Waals surface area (Å²) in [6, 6.07) is 1.99. The Balaban J connectivity index is 2.86. The lowest BCUT2D eigenvalue weighted by Crippen LogP contribution is -1.77. The molecule has 0 atom stereocenters. The van der Waals surface area contributed by atoms with E-state index in [-0.39, 0.29) is 0 Å². The van der Waals surface area contributed by atoms with Crippen LogP contribution >= 0.6 is 22.6 Å². The predicted octanol–water partition coefficient (Wildman–Crippen LogP) is 1.56. The van der Waals surface area contributed by atoms with Gasteiger partial charge in [-0.1, -0.05) is 0 Å². The molecule has 2 aromatic rings. The minimum absolute atomic E-state index is 0.986. The number of halogens is 1. The van der Waals surface area contributed by atoms with Gasteiger partial charge in [-0.25, -0.2) is 4.98 Å². The number of nitrogens with one attached hydrogen (secondary N) is 1. The number of pyridine rings is 1. The van der Waals surface area contributed by atoms with Crippen LogP contribution in [0.2, 0.25) is 0 Å². The highest BCUT2D eigenvalue weighted by Crippen LogP contribution is 2.10. The second-order valence-corrected chi connectivity index (χ2v) is 3.07. The molecule has 0 amide bonds. The van der Waals surface area contributed by atoms with E-state index in [9.17, 15) is 0 Å². The Kier molecular flexibility index (Phi) is 1.33. The maximum absolute atomic E-state index is 4.09. The molecule has 0 unspecified atom stereocenters. The Morgan fingerprint density at radius 3 is 3.20 bits per heavy atom. The Morgan fingerprint density at radius 1 is 1.40 bits per heavy atom. The SMILES string of the molecule is Ic1cc2cn[nH]c2cn1. The summed E-state index contributed by atoms with van der Waals surface area (Å²) in [5.41, 5.74) is 0.986. The lowest BCUT2D eigenvalue weighted by atomic mass is 10.3. The normalized spacial score (nSPS) is 10.5. The number of fused-ring (bicyclic) bond motifs is 1. The summed E-state index contributed by atoms with van der Waals surface area (Å²) in [5, 5.41) is 7.82. The summed E-state index contributed by atoms with van der Waals surface area (Å²) >= 11 is 2.17. The van der Waals surface area contributed by atoms with Crippen LogP contribution in [0.1, 0.15) is 0 Å². The smallest absolute Gasteiger partial charge is 0.102 e. The summed E-state index contributed by atoms with van der Waals surface area (Å²) in [6.45, 7) is 0. The van der Waals surface area contributed by atoms with E-state index < -0.39 is 0 Å². The van der Waals surface area contributed by atoms with E-state index in [1.165, 1.54) is 0 Å². The van der Waals surface area contributed by atoms with Gasteiger partial charge in [0, 0.05) is 5.39 Å². The number of aromatic amines is 1. The van der Waals surface area contributed by atoms with Gasteiger partial charge in [0.25, 0.3) is 0 Å². The van der Waals surface area contributed by atoms with Crippen molar-refractivity contribution in [1.82, 2.24) is 15.2 Å². The molecule has 0 fully saturated rings. The van der Waals surface area contributed by atoms with Crippen LogP contribution in [0.15, 0.2) is 18.5 Å². The molecule has 0 aliphatic rings. The molecule has 10 heavy (non-hydrogen) atoms. The fourth-order valence-electron chi connectivity index (χ4n) is 0.816. The summed E-state index contributed by atoms with van der Waals surface area (Å²) in [7, 11) is 0.